The zero-order chi connectivity index (χ0) is 9.84. The SMILES string of the molecule is CC(CN1CCC(O)CC1)C(N)=O. The van der Waals surface area contributed by atoms with Crippen molar-refractivity contribution in [1.82, 2.24) is 4.90 Å². The lowest BCUT2D eigenvalue weighted by atomic mass is 10.1. The molecule has 76 valence electrons. The van der Waals surface area contributed by atoms with Gasteiger partial charge >= 0.3 is 0 Å². The molecule has 13 heavy (non-hydrogen) atoms. The average molecular weight is 186 g/mol. The summed E-state index contributed by atoms with van der Waals surface area (Å²) < 4.78 is 0. The van der Waals surface area contributed by atoms with Gasteiger partial charge in [0, 0.05) is 25.6 Å². The van der Waals surface area contributed by atoms with Gasteiger partial charge in [0.15, 0.2) is 0 Å². The van der Waals surface area contributed by atoms with E-state index in [0.717, 1.165) is 32.5 Å². The van der Waals surface area contributed by atoms with Crippen molar-refractivity contribution in [2.75, 3.05) is 19.6 Å². The second-order valence-electron chi connectivity index (χ2n) is 3.84. The van der Waals surface area contributed by atoms with Gasteiger partial charge in [-0.05, 0) is 12.8 Å². The number of piperidine rings is 1. The molecule has 3 N–H and O–H groups in total. The lowest BCUT2D eigenvalue weighted by molar-refractivity contribution is -0.122. The van der Waals surface area contributed by atoms with Gasteiger partial charge in [0.05, 0.1) is 6.10 Å². The fourth-order valence-corrected chi connectivity index (χ4v) is 1.58. The van der Waals surface area contributed by atoms with Gasteiger partial charge in [-0.3, -0.25) is 4.79 Å². The van der Waals surface area contributed by atoms with Gasteiger partial charge in [0.25, 0.3) is 0 Å². The first-order chi connectivity index (χ1) is 6.09. The van der Waals surface area contributed by atoms with Crippen LogP contribution in [0.3, 0.4) is 0 Å². The van der Waals surface area contributed by atoms with Gasteiger partial charge in [-0.1, -0.05) is 6.92 Å². The summed E-state index contributed by atoms with van der Waals surface area (Å²) in [5, 5.41) is 9.25. The number of carbonyl (C=O) groups is 1. The Labute approximate surface area is 78.7 Å². The van der Waals surface area contributed by atoms with Crippen LogP contribution in [0.1, 0.15) is 19.8 Å². The monoisotopic (exact) mass is 186 g/mol. The molecular formula is C9H18N2O2. The van der Waals surface area contributed by atoms with Crippen LogP contribution in [0.15, 0.2) is 0 Å². The molecule has 1 atom stereocenters. The molecule has 1 saturated heterocycles. The van der Waals surface area contributed by atoms with E-state index in [-0.39, 0.29) is 17.9 Å². The van der Waals surface area contributed by atoms with Crippen molar-refractivity contribution in [3.8, 4) is 0 Å². The number of amides is 1. The number of likely N-dealkylation sites (tertiary alicyclic amines) is 1. The minimum atomic E-state index is -0.244. The van der Waals surface area contributed by atoms with E-state index in [1.54, 1.807) is 0 Å². The number of aliphatic hydroxyl groups excluding tert-OH is 1. The summed E-state index contributed by atoms with van der Waals surface area (Å²) in [7, 11) is 0. The number of aliphatic hydroxyl groups is 1. The maximum absolute atomic E-state index is 10.8. The summed E-state index contributed by atoms with van der Waals surface area (Å²) in [6.07, 6.45) is 1.47. The molecule has 1 rings (SSSR count). The second kappa shape index (κ2) is 4.58. The van der Waals surface area contributed by atoms with E-state index in [9.17, 15) is 9.90 Å². The maximum atomic E-state index is 10.8. The third kappa shape index (κ3) is 3.32. The molecule has 1 aliphatic rings. The lowest BCUT2D eigenvalue weighted by Crippen LogP contribution is -2.41. The molecular weight excluding hydrogens is 168 g/mol. The minimum Gasteiger partial charge on any atom is -0.393 e. The first-order valence-electron chi connectivity index (χ1n) is 4.79. The number of rotatable bonds is 3. The Hall–Kier alpha value is -0.610. The summed E-state index contributed by atoms with van der Waals surface area (Å²) in [4.78, 5) is 13.0. The van der Waals surface area contributed by atoms with Crippen molar-refractivity contribution < 1.29 is 9.90 Å². The van der Waals surface area contributed by atoms with Crippen LogP contribution in [0, 0.1) is 5.92 Å². The normalized spacial score (nSPS) is 22.9. The van der Waals surface area contributed by atoms with Crippen LogP contribution in [-0.2, 0) is 4.79 Å². The van der Waals surface area contributed by atoms with E-state index in [2.05, 4.69) is 4.90 Å². The number of hydrogen-bond acceptors (Lipinski definition) is 3. The Morgan fingerprint density at radius 3 is 2.62 bits per heavy atom. The molecule has 1 unspecified atom stereocenters. The van der Waals surface area contributed by atoms with Gasteiger partial charge in [-0.25, -0.2) is 0 Å². The highest BCUT2D eigenvalue weighted by Gasteiger charge is 2.20. The molecule has 1 aliphatic heterocycles. The third-order valence-corrected chi connectivity index (χ3v) is 2.57. The minimum absolute atomic E-state index is 0.0877. The smallest absolute Gasteiger partial charge is 0.221 e. The van der Waals surface area contributed by atoms with Crippen LogP contribution < -0.4 is 5.73 Å². The van der Waals surface area contributed by atoms with Crippen LogP contribution in [0.5, 0.6) is 0 Å². The van der Waals surface area contributed by atoms with E-state index < -0.39 is 0 Å². The molecule has 1 fully saturated rings. The van der Waals surface area contributed by atoms with Crippen molar-refractivity contribution in [3.05, 3.63) is 0 Å². The highest BCUT2D eigenvalue weighted by Crippen LogP contribution is 2.11. The van der Waals surface area contributed by atoms with E-state index in [1.807, 2.05) is 6.92 Å². The number of nitrogens with two attached hydrogens (primary N) is 1. The summed E-state index contributed by atoms with van der Waals surface area (Å²) in [6, 6.07) is 0. The molecule has 0 aromatic rings. The highest BCUT2D eigenvalue weighted by molar-refractivity contribution is 5.76. The molecule has 1 amide bonds. The van der Waals surface area contributed by atoms with Crippen LogP contribution in [0.4, 0.5) is 0 Å². The molecule has 0 aliphatic carbocycles. The molecule has 0 radical (unpaired) electrons. The van der Waals surface area contributed by atoms with Crippen LogP contribution in [0.2, 0.25) is 0 Å². The second-order valence-corrected chi connectivity index (χ2v) is 3.84. The van der Waals surface area contributed by atoms with E-state index in [0.29, 0.717) is 0 Å². The van der Waals surface area contributed by atoms with E-state index in [1.165, 1.54) is 0 Å². The van der Waals surface area contributed by atoms with Crippen molar-refractivity contribution in [2.24, 2.45) is 11.7 Å². The summed E-state index contributed by atoms with van der Waals surface area (Å²) in [5.74, 6) is -0.332. The van der Waals surface area contributed by atoms with E-state index >= 15 is 0 Å². The van der Waals surface area contributed by atoms with Crippen molar-refractivity contribution in [1.29, 1.82) is 0 Å². The van der Waals surface area contributed by atoms with Gasteiger partial charge in [-0.15, -0.1) is 0 Å². The first-order valence-corrected chi connectivity index (χ1v) is 4.79. The Balaban J connectivity index is 2.26. The summed E-state index contributed by atoms with van der Waals surface area (Å²) in [5.41, 5.74) is 5.17. The van der Waals surface area contributed by atoms with Crippen molar-refractivity contribution in [2.45, 2.75) is 25.9 Å². The first kappa shape index (κ1) is 10.5. The quantitative estimate of drug-likeness (QED) is 0.628. The molecule has 0 aromatic carbocycles. The predicted molar refractivity (Wildman–Crippen MR) is 50.0 cm³/mol. The van der Waals surface area contributed by atoms with E-state index in [4.69, 9.17) is 5.73 Å². The fraction of sp³-hybridized carbons (Fsp3) is 0.889. The van der Waals surface area contributed by atoms with Crippen LogP contribution >= 0.6 is 0 Å². The standard InChI is InChI=1S/C9H18N2O2/c1-7(9(10)13)6-11-4-2-8(12)3-5-11/h7-8,12H,2-6H2,1H3,(H2,10,13). The van der Waals surface area contributed by atoms with Crippen LogP contribution in [-0.4, -0.2) is 41.7 Å². The molecule has 1 heterocycles. The van der Waals surface area contributed by atoms with Crippen molar-refractivity contribution >= 4 is 5.91 Å². The van der Waals surface area contributed by atoms with Gasteiger partial charge < -0.3 is 15.7 Å². The zero-order valence-corrected chi connectivity index (χ0v) is 8.07. The Kier molecular flexibility index (Phi) is 3.69. The predicted octanol–water partition coefficient (Wildman–Crippen LogP) is -0.435. The molecule has 0 saturated carbocycles. The molecule has 0 bridgehead atoms. The average Bonchev–Trinajstić information content (AvgIpc) is 2.08. The third-order valence-electron chi connectivity index (χ3n) is 2.57. The number of primary amides is 1. The Bertz CT molecular complexity index is 176. The highest BCUT2D eigenvalue weighted by atomic mass is 16.3. The molecule has 0 spiro atoms. The Morgan fingerprint density at radius 1 is 1.62 bits per heavy atom. The topological polar surface area (TPSA) is 66.6 Å². The lowest BCUT2D eigenvalue weighted by Gasteiger charge is -2.30. The number of carbonyl (C=O) groups excluding carboxylic acids is 1. The van der Waals surface area contributed by atoms with Gasteiger partial charge in [-0.2, -0.15) is 0 Å². The molecule has 4 nitrogen and oxygen atoms in total. The van der Waals surface area contributed by atoms with Gasteiger partial charge in [0.2, 0.25) is 5.91 Å². The van der Waals surface area contributed by atoms with Crippen LogP contribution in [0.25, 0.3) is 0 Å². The van der Waals surface area contributed by atoms with Gasteiger partial charge in [0.1, 0.15) is 0 Å². The zero-order valence-electron chi connectivity index (χ0n) is 8.07. The maximum Gasteiger partial charge on any atom is 0.221 e. The number of hydrogen-bond donors (Lipinski definition) is 2. The number of nitrogens with zero attached hydrogens (tertiary/aromatic N) is 1. The molecule has 4 heteroatoms. The summed E-state index contributed by atoms with van der Waals surface area (Å²) in [6.45, 7) is 4.31. The largest absolute Gasteiger partial charge is 0.393 e. The van der Waals surface area contributed by atoms with Crippen molar-refractivity contribution in [3.63, 3.8) is 0 Å². The summed E-state index contributed by atoms with van der Waals surface area (Å²) >= 11 is 0. The fourth-order valence-electron chi connectivity index (χ4n) is 1.58. The molecule has 0 aromatic heterocycles. The Morgan fingerprint density at radius 2 is 2.15 bits per heavy atom.